The first-order chi connectivity index (χ1) is 9.06. The molecule has 1 aromatic heterocycles. The Bertz CT molecular complexity index is 593. The van der Waals surface area contributed by atoms with Crippen LogP contribution in [0.4, 0.5) is 5.82 Å². The zero-order valence-electron chi connectivity index (χ0n) is 11.1. The number of rotatable bonds is 4. The third-order valence-corrected chi connectivity index (χ3v) is 2.76. The maximum atomic E-state index is 11.6. The Balaban J connectivity index is 1.90. The fourth-order valence-corrected chi connectivity index (χ4v) is 1.47. The monoisotopic (exact) mass is 261 g/mol. The van der Waals surface area contributed by atoms with Gasteiger partial charge in [0.05, 0.1) is 0 Å². The molecule has 19 heavy (non-hydrogen) atoms. The number of carbonyl (C=O) groups is 1. The van der Waals surface area contributed by atoms with Crippen molar-refractivity contribution in [3.63, 3.8) is 0 Å². The van der Waals surface area contributed by atoms with E-state index in [0.717, 1.165) is 5.56 Å². The van der Waals surface area contributed by atoms with E-state index in [1.165, 1.54) is 5.56 Å². The molecule has 0 aliphatic rings. The van der Waals surface area contributed by atoms with E-state index in [-0.39, 0.29) is 12.5 Å². The van der Waals surface area contributed by atoms with Crippen LogP contribution in [0.15, 0.2) is 22.8 Å². The summed E-state index contributed by atoms with van der Waals surface area (Å²) in [5.74, 6) is 0.666. The van der Waals surface area contributed by atoms with Crippen LogP contribution in [0.25, 0.3) is 0 Å². The molecule has 0 atom stereocenters. The summed E-state index contributed by atoms with van der Waals surface area (Å²) in [5, 5.41) is 9.69. The van der Waals surface area contributed by atoms with Gasteiger partial charge in [-0.3, -0.25) is 4.79 Å². The average Bonchev–Trinajstić information content (AvgIpc) is 2.77. The minimum atomic E-state index is -0.308. The molecule has 0 spiro atoms. The molecule has 0 aliphatic carbocycles. The van der Waals surface area contributed by atoms with Gasteiger partial charge in [0.15, 0.2) is 12.4 Å². The highest BCUT2D eigenvalue weighted by atomic mass is 16.6. The van der Waals surface area contributed by atoms with Crippen LogP contribution in [0.1, 0.15) is 16.8 Å². The molecule has 0 saturated carbocycles. The molecule has 0 unspecified atom stereocenters. The second kappa shape index (κ2) is 5.51. The van der Waals surface area contributed by atoms with Gasteiger partial charge in [-0.05, 0) is 49.2 Å². The number of hydrogen-bond acceptors (Lipinski definition) is 5. The minimum absolute atomic E-state index is 0.0885. The van der Waals surface area contributed by atoms with Crippen molar-refractivity contribution in [3.8, 4) is 5.75 Å². The molecule has 2 rings (SSSR count). The van der Waals surface area contributed by atoms with Crippen LogP contribution in [-0.2, 0) is 4.79 Å². The third kappa shape index (κ3) is 3.31. The van der Waals surface area contributed by atoms with Gasteiger partial charge in [-0.15, -0.1) is 0 Å². The summed E-state index contributed by atoms with van der Waals surface area (Å²) in [6.45, 7) is 5.62. The maximum absolute atomic E-state index is 11.6. The van der Waals surface area contributed by atoms with E-state index in [2.05, 4.69) is 20.3 Å². The van der Waals surface area contributed by atoms with Crippen molar-refractivity contribution in [1.82, 2.24) is 10.3 Å². The summed E-state index contributed by atoms with van der Waals surface area (Å²) in [6, 6.07) is 5.68. The second-order valence-electron chi connectivity index (χ2n) is 4.28. The summed E-state index contributed by atoms with van der Waals surface area (Å²) < 4.78 is 9.88. The van der Waals surface area contributed by atoms with Crippen LogP contribution in [0.3, 0.4) is 0 Å². The molecule has 0 saturated heterocycles. The molecule has 2 aromatic rings. The number of amides is 1. The highest BCUT2D eigenvalue weighted by Crippen LogP contribution is 2.16. The Morgan fingerprint density at radius 3 is 2.68 bits per heavy atom. The summed E-state index contributed by atoms with van der Waals surface area (Å²) in [6.07, 6.45) is 0. The first kappa shape index (κ1) is 13.1. The Morgan fingerprint density at radius 1 is 1.26 bits per heavy atom. The first-order valence-corrected chi connectivity index (χ1v) is 5.85. The van der Waals surface area contributed by atoms with Crippen molar-refractivity contribution in [2.45, 2.75) is 20.8 Å². The van der Waals surface area contributed by atoms with Crippen LogP contribution < -0.4 is 10.1 Å². The third-order valence-electron chi connectivity index (χ3n) is 2.76. The van der Waals surface area contributed by atoms with Crippen molar-refractivity contribution in [2.75, 3.05) is 11.9 Å². The lowest BCUT2D eigenvalue weighted by Gasteiger charge is -2.07. The highest BCUT2D eigenvalue weighted by Gasteiger charge is 2.10. The first-order valence-electron chi connectivity index (χ1n) is 5.85. The smallest absolute Gasteiger partial charge is 0.263 e. The normalized spacial score (nSPS) is 10.3. The molecule has 1 N–H and O–H groups in total. The number of aryl methyl sites for hydroxylation is 3. The fourth-order valence-electron chi connectivity index (χ4n) is 1.47. The summed E-state index contributed by atoms with van der Waals surface area (Å²) in [5.41, 5.74) is 2.83. The van der Waals surface area contributed by atoms with Gasteiger partial charge in [-0.1, -0.05) is 11.2 Å². The van der Waals surface area contributed by atoms with Crippen LogP contribution >= 0.6 is 0 Å². The van der Waals surface area contributed by atoms with Gasteiger partial charge < -0.3 is 10.1 Å². The Morgan fingerprint density at radius 2 is 2.05 bits per heavy atom. The molecular formula is C13H15N3O3. The van der Waals surface area contributed by atoms with E-state index >= 15 is 0 Å². The zero-order valence-corrected chi connectivity index (χ0v) is 11.1. The lowest BCUT2D eigenvalue weighted by molar-refractivity contribution is -0.118. The van der Waals surface area contributed by atoms with E-state index in [1.807, 2.05) is 32.0 Å². The van der Waals surface area contributed by atoms with Crippen molar-refractivity contribution in [3.05, 3.63) is 35.0 Å². The molecule has 6 nitrogen and oxygen atoms in total. The molecule has 1 amide bonds. The average molecular weight is 261 g/mol. The molecular weight excluding hydrogens is 246 g/mol. The number of carbonyl (C=O) groups excluding carboxylic acids is 1. The Hall–Kier alpha value is -2.37. The van der Waals surface area contributed by atoms with Crippen LogP contribution in [0.5, 0.6) is 5.75 Å². The van der Waals surface area contributed by atoms with Crippen molar-refractivity contribution in [1.29, 1.82) is 0 Å². The van der Waals surface area contributed by atoms with Crippen molar-refractivity contribution >= 4 is 11.7 Å². The van der Waals surface area contributed by atoms with E-state index in [0.29, 0.717) is 17.3 Å². The van der Waals surface area contributed by atoms with Gasteiger partial charge in [0.2, 0.25) is 0 Å². The topological polar surface area (TPSA) is 77.2 Å². The predicted octanol–water partition coefficient (Wildman–Crippen LogP) is 2.01. The van der Waals surface area contributed by atoms with E-state index in [4.69, 9.17) is 4.74 Å². The number of anilines is 1. The SMILES string of the molecule is Cc1ccc(OCC(=O)Nc2nonc2C)cc1C. The molecule has 1 heterocycles. The van der Waals surface area contributed by atoms with Crippen LogP contribution in [0.2, 0.25) is 0 Å². The fraction of sp³-hybridized carbons (Fsp3) is 0.308. The van der Waals surface area contributed by atoms with Gasteiger partial charge >= 0.3 is 0 Å². The van der Waals surface area contributed by atoms with E-state index in [9.17, 15) is 4.79 Å². The van der Waals surface area contributed by atoms with Crippen molar-refractivity contribution in [2.24, 2.45) is 0 Å². The Labute approximate surface area is 110 Å². The summed E-state index contributed by atoms with van der Waals surface area (Å²) >= 11 is 0. The standard InChI is InChI=1S/C13H15N3O3/c1-8-4-5-11(6-9(8)2)18-7-12(17)14-13-10(3)15-19-16-13/h4-6H,7H2,1-3H3,(H,14,16,17). The molecule has 0 aliphatic heterocycles. The number of ether oxygens (including phenoxy) is 1. The van der Waals surface area contributed by atoms with Gasteiger partial charge in [-0.2, -0.15) is 0 Å². The van der Waals surface area contributed by atoms with Crippen molar-refractivity contribution < 1.29 is 14.2 Å². The molecule has 0 radical (unpaired) electrons. The van der Waals surface area contributed by atoms with Gasteiger partial charge in [0, 0.05) is 0 Å². The molecule has 0 bridgehead atoms. The van der Waals surface area contributed by atoms with Gasteiger partial charge in [0.1, 0.15) is 11.4 Å². The number of hydrogen-bond donors (Lipinski definition) is 1. The van der Waals surface area contributed by atoms with E-state index < -0.39 is 0 Å². The summed E-state index contributed by atoms with van der Waals surface area (Å²) in [7, 11) is 0. The largest absolute Gasteiger partial charge is 0.484 e. The number of aromatic nitrogens is 2. The maximum Gasteiger partial charge on any atom is 0.263 e. The zero-order chi connectivity index (χ0) is 13.8. The quantitative estimate of drug-likeness (QED) is 0.911. The van der Waals surface area contributed by atoms with E-state index in [1.54, 1.807) is 6.92 Å². The number of benzene rings is 1. The summed E-state index contributed by atoms with van der Waals surface area (Å²) in [4.78, 5) is 11.6. The lowest BCUT2D eigenvalue weighted by atomic mass is 10.1. The van der Waals surface area contributed by atoms with Gasteiger partial charge in [0.25, 0.3) is 5.91 Å². The van der Waals surface area contributed by atoms with Crippen LogP contribution in [-0.4, -0.2) is 22.8 Å². The predicted molar refractivity (Wildman–Crippen MR) is 69.1 cm³/mol. The molecule has 6 heteroatoms. The van der Waals surface area contributed by atoms with Gasteiger partial charge in [-0.25, -0.2) is 4.63 Å². The van der Waals surface area contributed by atoms with Crippen LogP contribution in [0, 0.1) is 20.8 Å². The lowest BCUT2D eigenvalue weighted by Crippen LogP contribution is -2.20. The molecule has 1 aromatic carbocycles. The number of nitrogens with zero attached hydrogens (tertiary/aromatic N) is 2. The Kier molecular flexibility index (Phi) is 3.79. The number of nitrogens with one attached hydrogen (secondary N) is 1. The molecule has 0 fully saturated rings. The molecule has 100 valence electrons. The second-order valence-corrected chi connectivity index (χ2v) is 4.28. The minimum Gasteiger partial charge on any atom is -0.484 e. The highest BCUT2D eigenvalue weighted by molar-refractivity contribution is 5.91.